The number of hydrogen-bond acceptors (Lipinski definition) is 4. The van der Waals surface area contributed by atoms with Gasteiger partial charge in [0.1, 0.15) is 10.7 Å². The Balaban J connectivity index is 1.50. The molecule has 3 amide bonds. The van der Waals surface area contributed by atoms with Crippen LogP contribution in [0.2, 0.25) is 0 Å². The number of rotatable bonds is 4. The molecule has 7 heteroatoms. The molecule has 0 saturated carbocycles. The number of nitrogens with one attached hydrogen (secondary N) is 1. The predicted octanol–water partition coefficient (Wildman–Crippen LogP) is 4.14. The Morgan fingerprint density at radius 3 is 2.37 bits per heavy atom. The number of carbonyl (C=O) groups is 3. The number of likely N-dealkylation sites (tertiary alicyclic amines) is 1. The Bertz CT molecular complexity index is 1020. The van der Waals surface area contributed by atoms with Gasteiger partial charge in [-0.3, -0.25) is 14.4 Å². The molecule has 2 aliphatic rings. The third-order valence-electron chi connectivity index (χ3n) is 5.51. The van der Waals surface area contributed by atoms with E-state index in [1.54, 1.807) is 54.6 Å². The lowest BCUT2D eigenvalue weighted by atomic mass is 10.0. The highest BCUT2D eigenvalue weighted by atomic mass is 35.5. The lowest BCUT2D eigenvalue weighted by Crippen LogP contribution is -2.42. The number of halogens is 1. The second-order valence-electron chi connectivity index (χ2n) is 7.52. The summed E-state index contributed by atoms with van der Waals surface area (Å²) < 4.78 is 0. The van der Waals surface area contributed by atoms with E-state index in [0.717, 1.165) is 30.7 Å². The van der Waals surface area contributed by atoms with E-state index in [1.165, 1.54) is 0 Å². The van der Waals surface area contributed by atoms with Crippen molar-refractivity contribution in [2.24, 2.45) is 0 Å². The van der Waals surface area contributed by atoms with Crippen LogP contribution in [0.25, 0.3) is 0 Å². The summed E-state index contributed by atoms with van der Waals surface area (Å²) in [4.78, 5) is 41.0. The minimum Gasteiger partial charge on any atom is -0.350 e. The summed E-state index contributed by atoms with van der Waals surface area (Å²) >= 11 is 6.16. The molecular formula is C23H22ClN3O3. The SMILES string of the molecule is CC1CCCCN1C(=O)c1ccc(NC2=C(Cl)C(=O)N(c3ccccc3)C2=O)cc1. The number of hydrogen-bond donors (Lipinski definition) is 1. The third kappa shape index (κ3) is 3.71. The molecule has 2 aliphatic heterocycles. The molecule has 0 aliphatic carbocycles. The molecule has 4 rings (SSSR count). The molecule has 1 fully saturated rings. The molecule has 1 saturated heterocycles. The topological polar surface area (TPSA) is 69.7 Å². The molecular weight excluding hydrogens is 402 g/mol. The van der Waals surface area contributed by atoms with Crippen molar-refractivity contribution in [2.45, 2.75) is 32.2 Å². The van der Waals surface area contributed by atoms with Gasteiger partial charge in [0.05, 0.1) is 5.69 Å². The first-order chi connectivity index (χ1) is 14.5. The molecule has 2 aromatic rings. The van der Waals surface area contributed by atoms with E-state index in [1.807, 2.05) is 4.90 Å². The summed E-state index contributed by atoms with van der Waals surface area (Å²) in [6.45, 7) is 2.84. The molecule has 2 aromatic carbocycles. The summed E-state index contributed by atoms with van der Waals surface area (Å²) in [5, 5.41) is 2.77. The number of para-hydroxylation sites is 1. The lowest BCUT2D eigenvalue weighted by Gasteiger charge is -2.33. The molecule has 30 heavy (non-hydrogen) atoms. The van der Waals surface area contributed by atoms with E-state index in [2.05, 4.69) is 12.2 Å². The monoisotopic (exact) mass is 423 g/mol. The van der Waals surface area contributed by atoms with Crippen LogP contribution in [0.5, 0.6) is 0 Å². The number of carbonyl (C=O) groups excluding carboxylic acids is 3. The maximum atomic E-state index is 12.8. The fourth-order valence-electron chi connectivity index (χ4n) is 3.83. The molecule has 1 atom stereocenters. The highest BCUT2D eigenvalue weighted by Crippen LogP contribution is 2.30. The van der Waals surface area contributed by atoms with Crippen LogP contribution in [-0.2, 0) is 9.59 Å². The maximum Gasteiger partial charge on any atom is 0.283 e. The number of amides is 3. The van der Waals surface area contributed by atoms with Crippen LogP contribution >= 0.6 is 11.6 Å². The quantitative estimate of drug-likeness (QED) is 0.750. The average molecular weight is 424 g/mol. The first-order valence-electron chi connectivity index (χ1n) is 9.99. The Morgan fingerprint density at radius 1 is 1.00 bits per heavy atom. The van der Waals surface area contributed by atoms with Crippen molar-refractivity contribution in [2.75, 3.05) is 16.8 Å². The van der Waals surface area contributed by atoms with Crippen molar-refractivity contribution in [3.63, 3.8) is 0 Å². The van der Waals surface area contributed by atoms with Gasteiger partial charge in [-0.1, -0.05) is 29.8 Å². The summed E-state index contributed by atoms with van der Waals surface area (Å²) in [6, 6.07) is 15.7. The van der Waals surface area contributed by atoms with Crippen molar-refractivity contribution < 1.29 is 14.4 Å². The maximum absolute atomic E-state index is 12.8. The molecule has 1 unspecified atom stereocenters. The summed E-state index contributed by atoms with van der Waals surface area (Å²) in [7, 11) is 0. The lowest BCUT2D eigenvalue weighted by molar-refractivity contribution is -0.120. The van der Waals surface area contributed by atoms with Crippen molar-refractivity contribution in [1.29, 1.82) is 0 Å². The zero-order valence-electron chi connectivity index (χ0n) is 16.6. The van der Waals surface area contributed by atoms with Crippen molar-refractivity contribution in [3.8, 4) is 0 Å². The molecule has 0 radical (unpaired) electrons. The van der Waals surface area contributed by atoms with E-state index >= 15 is 0 Å². The van der Waals surface area contributed by atoms with Gasteiger partial charge in [-0.15, -0.1) is 0 Å². The van der Waals surface area contributed by atoms with Gasteiger partial charge in [-0.05, 0) is 62.6 Å². The standard InChI is InChI=1S/C23H22ClN3O3/c1-15-7-5-6-14-26(15)21(28)16-10-12-17(13-11-16)25-20-19(24)22(29)27(23(20)30)18-8-3-2-4-9-18/h2-4,8-13,15,25H,5-7,14H2,1H3. The Labute approximate surface area is 180 Å². The Hall–Kier alpha value is -3.12. The fourth-order valence-corrected chi connectivity index (χ4v) is 4.04. The Kier molecular flexibility index (Phi) is 5.59. The smallest absolute Gasteiger partial charge is 0.283 e. The molecule has 154 valence electrons. The van der Waals surface area contributed by atoms with Gasteiger partial charge < -0.3 is 10.2 Å². The van der Waals surface area contributed by atoms with Gasteiger partial charge in [0.25, 0.3) is 17.7 Å². The Morgan fingerprint density at radius 2 is 1.70 bits per heavy atom. The highest BCUT2D eigenvalue weighted by Gasteiger charge is 2.38. The number of piperidine rings is 1. The van der Waals surface area contributed by atoms with Crippen molar-refractivity contribution in [1.82, 2.24) is 4.90 Å². The van der Waals surface area contributed by atoms with Crippen LogP contribution in [-0.4, -0.2) is 35.2 Å². The van der Waals surface area contributed by atoms with Gasteiger partial charge in [0.2, 0.25) is 0 Å². The number of benzene rings is 2. The van der Waals surface area contributed by atoms with E-state index < -0.39 is 11.8 Å². The normalized spacial score (nSPS) is 19.5. The zero-order chi connectivity index (χ0) is 21.3. The van der Waals surface area contributed by atoms with Gasteiger partial charge in [-0.2, -0.15) is 0 Å². The largest absolute Gasteiger partial charge is 0.350 e. The number of anilines is 2. The second kappa shape index (κ2) is 8.32. The van der Waals surface area contributed by atoms with Crippen LogP contribution in [0.1, 0.15) is 36.5 Å². The van der Waals surface area contributed by atoms with Crippen LogP contribution in [0.4, 0.5) is 11.4 Å². The van der Waals surface area contributed by atoms with Gasteiger partial charge in [0.15, 0.2) is 0 Å². The van der Waals surface area contributed by atoms with Crippen molar-refractivity contribution in [3.05, 3.63) is 70.9 Å². The van der Waals surface area contributed by atoms with E-state index in [4.69, 9.17) is 11.6 Å². The zero-order valence-corrected chi connectivity index (χ0v) is 17.4. The first kappa shape index (κ1) is 20.2. The number of imide groups is 1. The molecule has 0 spiro atoms. The predicted molar refractivity (Wildman–Crippen MR) is 116 cm³/mol. The molecule has 0 aromatic heterocycles. The van der Waals surface area contributed by atoms with E-state index in [-0.39, 0.29) is 22.7 Å². The van der Waals surface area contributed by atoms with Crippen molar-refractivity contribution >= 4 is 40.7 Å². The van der Waals surface area contributed by atoms with Gasteiger partial charge >= 0.3 is 0 Å². The summed E-state index contributed by atoms with van der Waals surface area (Å²) in [5.74, 6) is -1.08. The highest BCUT2D eigenvalue weighted by molar-refractivity contribution is 6.53. The first-order valence-corrected chi connectivity index (χ1v) is 10.4. The summed E-state index contributed by atoms with van der Waals surface area (Å²) in [6.07, 6.45) is 3.19. The fraction of sp³-hybridized carbons (Fsp3) is 0.261. The minimum absolute atomic E-state index is 0.00775. The van der Waals surface area contributed by atoms with Gasteiger partial charge in [-0.25, -0.2) is 4.90 Å². The number of nitrogens with zero attached hydrogens (tertiary/aromatic N) is 2. The van der Waals surface area contributed by atoms with E-state index in [9.17, 15) is 14.4 Å². The van der Waals surface area contributed by atoms with Crippen LogP contribution < -0.4 is 10.2 Å². The molecule has 0 bridgehead atoms. The molecule has 6 nitrogen and oxygen atoms in total. The van der Waals surface area contributed by atoms with Crippen LogP contribution in [0.3, 0.4) is 0 Å². The van der Waals surface area contributed by atoms with Crippen LogP contribution in [0, 0.1) is 0 Å². The summed E-state index contributed by atoms with van der Waals surface area (Å²) in [5.41, 5.74) is 1.64. The third-order valence-corrected chi connectivity index (χ3v) is 5.86. The van der Waals surface area contributed by atoms with Gasteiger partial charge in [0, 0.05) is 23.8 Å². The van der Waals surface area contributed by atoms with Crippen LogP contribution in [0.15, 0.2) is 65.3 Å². The average Bonchev–Trinajstić information content (AvgIpc) is 2.98. The minimum atomic E-state index is -0.568. The molecule has 1 N–H and O–H groups in total. The molecule has 2 heterocycles. The van der Waals surface area contributed by atoms with E-state index in [0.29, 0.717) is 16.9 Å². The second-order valence-corrected chi connectivity index (χ2v) is 7.89.